The quantitative estimate of drug-likeness (QED) is 0.746. The number of fused-ring (bicyclic) bond motifs is 1. The fourth-order valence-electron chi connectivity index (χ4n) is 2.39. The number of aromatic nitrogens is 1. The predicted molar refractivity (Wildman–Crippen MR) is 97.3 cm³/mol. The molecule has 4 nitrogen and oxygen atoms in total. The molecule has 0 saturated carbocycles. The first-order valence-electron chi connectivity index (χ1n) is 7.40. The number of hydrogen-bond acceptors (Lipinski definition) is 4. The summed E-state index contributed by atoms with van der Waals surface area (Å²) in [4.78, 5) is 4.62. The first kappa shape index (κ1) is 16.0. The molecule has 0 atom stereocenters. The molecule has 0 saturated heterocycles. The highest BCUT2D eigenvalue weighted by atomic mass is 32.2. The number of anilines is 1. The van der Waals surface area contributed by atoms with Gasteiger partial charge in [0, 0.05) is 5.56 Å². The number of rotatable bonds is 5. The lowest BCUT2D eigenvalue weighted by molar-refractivity contribution is 0.587. The lowest BCUT2D eigenvalue weighted by Crippen LogP contribution is -2.20. The van der Waals surface area contributed by atoms with Gasteiger partial charge in [-0.2, -0.15) is 0 Å². The van der Waals surface area contributed by atoms with Gasteiger partial charge < -0.3 is 0 Å². The summed E-state index contributed by atoms with van der Waals surface area (Å²) in [6.45, 7) is 3.78. The maximum Gasteiger partial charge on any atom is 0.232 e. The Morgan fingerprint density at radius 2 is 1.78 bits per heavy atom. The van der Waals surface area contributed by atoms with E-state index in [1.165, 1.54) is 0 Å². The highest BCUT2D eigenvalue weighted by Gasteiger charge is 2.17. The molecule has 1 aromatic heterocycles. The second-order valence-electron chi connectivity index (χ2n) is 5.81. The molecule has 0 fully saturated rings. The fraction of sp³-hybridized carbons (Fsp3) is 0.235. The number of hydrogen-bond donors (Lipinski definition) is 1. The molecule has 0 amide bonds. The minimum atomic E-state index is -3.37. The van der Waals surface area contributed by atoms with Crippen molar-refractivity contribution < 1.29 is 8.42 Å². The van der Waals surface area contributed by atoms with Gasteiger partial charge in [-0.15, -0.1) is 11.3 Å². The molecule has 3 aromatic rings. The van der Waals surface area contributed by atoms with E-state index in [0.29, 0.717) is 5.69 Å². The van der Waals surface area contributed by atoms with Crippen LogP contribution in [0.4, 0.5) is 5.69 Å². The average Bonchev–Trinajstić information content (AvgIpc) is 2.89. The van der Waals surface area contributed by atoms with Crippen molar-refractivity contribution in [3.05, 3.63) is 48.5 Å². The zero-order chi connectivity index (χ0) is 16.4. The zero-order valence-corrected chi connectivity index (χ0v) is 14.6. The number of thiazole rings is 1. The second-order valence-corrected chi connectivity index (χ2v) is 8.61. The van der Waals surface area contributed by atoms with E-state index >= 15 is 0 Å². The van der Waals surface area contributed by atoms with Gasteiger partial charge in [-0.05, 0) is 30.2 Å². The Hall–Kier alpha value is -1.92. The minimum absolute atomic E-state index is 0.0714. The topological polar surface area (TPSA) is 59.1 Å². The van der Waals surface area contributed by atoms with Gasteiger partial charge in [-0.3, -0.25) is 4.72 Å². The summed E-state index contributed by atoms with van der Waals surface area (Å²) >= 11 is 1.56. The summed E-state index contributed by atoms with van der Waals surface area (Å²) in [5.41, 5.74) is 2.31. The Labute approximate surface area is 140 Å². The van der Waals surface area contributed by atoms with Crippen LogP contribution < -0.4 is 4.72 Å². The SMILES string of the molecule is CC(C)CS(=O)(=O)Nc1ccccc1-c1nc2ccccc2s1. The molecule has 1 heterocycles. The molecule has 6 heteroatoms. The smallest absolute Gasteiger partial charge is 0.232 e. The van der Waals surface area contributed by atoms with Crippen LogP contribution >= 0.6 is 11.3 Å². The third kappa shape index (κ3) is 3.71. The Morgan fingerprint density at radius 3 is 2.52 bits per heavy atom. The van der Waals surface area contributed by atoms with Crippen LogP contribution in [-0.2, 0) is 10.0 Å². The van der Waals surface area contributed by atoms with E-state index < -0.39 is 10.0 Å². The summed E-state index contributed by atoms with van der Waals surface area (Å²) < 4.78 is 28.3. The monoisotopic (exact) mass is 346 g/mol. The molecular formula is C17H18N2O2S2. The van der Waals surface area contributed by atoms with Crippen molar-refractivity contribution in [3.63, 3.8) is 0 Å². The molecule has 0 aliphatic carbocycles. The maximum absolute atomic E-state index is 12.2. The van der Waals surface area contributed by atoms with Crippen molar-refractivity contribution in [2.75, 3.05) is 10.5 Å². The van der Waals surface area contributed by atoms with Gasteiger partial charge in [0.25, 0.3) is 0 Å². The standard InChI is InChI=1S/C17H18N2O2S2/c1-12(2)11-23(20,21)19-14-8-4-3-7-13(14)17-18-15-9-5-6-10-16(15)22-17/h3-10,12,19H,11H2,1-2H3. The highest BCUT2D eigenvalue weighted by Crippen LogP contribution is 2.34. The zero-order valence-electron chi connectivity index (χ0n) is 13.0. The van der Waals surface area contributed by atoms with Crippen LogP contribution in [0.1, 0.15) is 13.8 Å². The molecule has 2 aromatic carbocycles. The highest BCUT2D eigenvalue weighted by molar-refractivity contribution is 7.92. The molecule has 0 radical (unpaired) electrons. The van der Waals surface area contributed by atoms with Gasteiger partial charge in [-0.1, -0.05) is 38.1 Å². The van der Waals surface area contributed by atoms with E-state index in [-0.39, 0.29) is 11.7 Å². The number of benzene rings is 2. The van der Waals surface area contributed by atoms with Crippen LogP contribution in [0, 0.1) is 5.92 Å². The van der Waals surface area contributed by atoms with Crippen LogP contribution in [0.2, 0.25) is 0 Å². The molecule has 1 N–H and O–H groups in total. The van der Waals surface area contributed by atoms with Crippen LogP contribution in [0.15, 0.2) is 48.5 Å². The van der Waals surface area contributed by atoms with Crippen molar-refractivity contribution in [1.29, 1.82) is 0 Å². The van der Waals surface area contributed by atoms with E-state index in [1.807, 2.05) is 56.3 Å². The fourth-order valence-corrected chi connectivity index (χ4v) is 4.87. The first-order chi connectivity index (χ1) is 10.9. The van der Waals surface area contributed by atoms with Gasteiger partial charge in [0.05, 0.1) is 21.7 Å². The van der Waals surface area contributed by atoms with E-state index in [2.05, 4.69) is 9.71 Å². The number of nitrogens with zero attached hydrogens (tertiary/aromatic N) is 1. The van der Waals surface area contributed by atoms with E-state index in [0.717, 1.165) is 20.8 Å². The lowest BCUT2D eigenvalue weighted by atomic mass is 10.2. The normalized spacial score (nSPS) is 12.0. The third-order valence-electron chi connectivity index (χ3n) is 3.27. The van der Waals surface area contributed by atoms with E-state index in [4.69, 9.17) is 0 Å². The van der Waals surface area contributed by atoms with Gasteiger partial charge >= 0.3 is 0 Å². The van der Waals surface area contributed by atoms with Crippen molar-refractivity contribution in [2.24, 2.45) is 5.92 Å². The largest absolute Gasteiger partial charge is 0.283 e. The molecular weight excluding hydrogens is 328 g/mol. The minimum Gasteiger partial charge on any atom is -0.283 e. The summed E-state index contributed by atoms with van der Waals surface area (Å²) in [5, 5.41) is 0.814. The molecule has 0 unspecified atom stereocenters. The van der Waals surface area contributed by atoms with E-state index in [9.17, 15) is 8.42 Å². The van der Waals surface area contributed by atoms with Crippen LogP contribution in [0.25, 0.3) is 20.8 Å². The van der Waals surface area contributed by atoms with Crippen LogP contribution in [-0.4, -0.2) is 19.2 Å². The molecule has 0 aliphatic rings. The van der Waals surface area contributed by atoms with E-state index in [1.54, 1.807) is 17.4 Å². The molecule has 23 heavy (non-hydrogen) atoms. The van der Waals surface area contributed by atoms with Gasteiger partial charge in [0.15, 0.2) is 0 Å². The Balaban J connectivity index is 2.01. The number of sulfonamides is 1. The number of para-hydroxylation sites is 2. The van der Waals surface area contributed by atoms with Crippen molar-refractivity contribution in [2.45, 2.75) is 13.8 Å². The second kappa shape index (κ2) is 6.29. The molecule has 0 spiro atoms. The summed E-state index contributed by atoms with van der Waals surface area (Å²) in [5.74, 6) is 0.170. The van der Waals surface area contributed by atoms with Gasteiger partial charge in [0.2, 0.25) is 10.0 Å². The van der Waals surface area contributed by atoms with Gasteiger partial charge in [0.1, 0.15) is 5.01 Å². The summed E-state index contributed by atoms with van der Waals surface area (Å²) in [7, 11) is -3.37. The first-order valence-corrected chi connectivity index (χ1v) is 9.87. The lowest BCUT2D eigenvalue weighted by Gasteiger charge is -2.12. The van der Waals surface area contributed by atoms with Crippen LogP contribution in [0.5, 0.6) is 0 Å². The number of nitrogens with one attached hydrogen (secondary N) is 1. The molecule has 3 rings (SSSR count). The Kier molecular flexibility index (Phi) is 4.37. The Morgan fingerprint density at radius 1 is 1.09 bits per heavy atom. The van der Waals surface area contributed by atoms with Crippen molar-refractivity contribution >= 4 is 37.3 Å². The van der Waals surface area contributed by atoms with Crippen molar-refractivity contribution in [3.8, 4) is 10.6 Å². The third-order valence-corrected chi connectivity index (χ3v) is 5.98. The average molecular weight is 346 g/mol. The Bertz CT molecular complexity index is 897. The molecule has 0 bridgehead atoms. The maximum atomic E-state index is 12.2. The van der Waals surface area contributed by atoms with Crippen LogP contribution in [0.3, 0.4) is 0 Å². The van der Waals surface area contributed by atoms with Crippen molar-refractivity contribution in [1.82, 2.24) is 4.98 Å². The summed E-state index contributed by atoms with van der Waals surface area (Å²) in [6.07, 6.45) is 0. The molecule has 0 aliphatic heterocycles. The van der Waals surface area contributed by atoms with Gasteiger partial charge in [-0.25, -0.2) is 13.4 Å². The summed E-state index contributed by atoms with van der Waals surface area (Å²) in [6, 6.07) is 15.3. The predicted octanol–water partition coefficient (Wildman–Crippen LogP) is 4.36. The molecule has 120 valence electrons.